The molecule has 2 heteroatoms. The molecule has 0 bridgehead atoms. The summed E-state index contributed by atoms with van der Waals surface area (Å²) >= 11 is 0. The Morgan fingerprint density at radius 2 is 2.20 bits per heavy atom. The van der Waals surface area contributed by atoms with Crippen molar-refractivity contribution >= 4 is 0 Å². The molecule has 0 heterocycles. The topological polar surface area (TPSA) is 26.0 Å². The highest BCUT2D eigenvalue weighted by Gasteiger charge is 2.39. The largest absolute Gasteiger partial charge is 0.328 e. The van der Waals surface area contributed by atoms with Crippen molar-refractivity contribution in [3.05, 3.63) is 0 Å². The van der Waals surface area contributed by atoms with Crippen LogP contribution < -0.4 is 5.73 Å². The molecule has 60 valence electrons. The number of hydrogen-bond donors (Lipinski definition) is 1. The first-order valence-corrected chi connectivity index (χ1v) is 4.12. The van der Waals surface area contributed by atoms with Gasteiger partial charge in [-0.15, -0.1) is 0 Å². The second kappa shape index (κ2) is 2.87. The zero-order valence-corrected chi connectivity index (χ0v) is 6.57. The van der Waals surface area contributed by atoms with Crippen LogP contribution in [0.5, 0.6) is 0 Å². The average Bonchev–Trinajstić information content (AvgIpc) is 1.84. The van der Waals surface area contributed by atoms with Gasteiger partial charge in [-0.1, -0.05) is 13.3 Å². The van der Waals surface area contributed by atoms with Crippen molar-refractivity contribution in [3.63, 3.8) is 0 Å². The summed E-state index contributed by atoms with van der Waals surface area (Å²) < 4.78 is 13.6. The van der Waals surface area contributed by atoms with Gasteiger partial charge < -0.3 is 5.73 Å². The van der Waals surface area contributed by atoms with Crippen molar-refractivity contribution in [2.45, 2.75) is 38.3 Å². The van der Waals surface area contributed by atoms with Gasteiger partial charge in [0.25, 0.3) is 0 Å². The van der Waals surface area contributed by atoms with Crippen LogP contribution in [0.1, 0.15) is 32.6 Å². The molecule has 0 saturated heterocycles. The van der Waals surface area contributed by atoms with Crippen LogP contribution in [0.2, 0.25) is 0 Å². The molecule has 1 nitrogen and oxygen atoms in total. The first-order valence-electron chi connectivity index (χ1n) is 4.12. The number of hydrogen-bond acceptors (Lipinski definition) is 1. The van der Waals surface area contributed by atoms with E-state index >= 15 is 0 Å². The fourth-order valence-corrected chi connectivity index (χ4v) is 1.53. The van der Waals surface area contributed by atoms with Crippen LogP contribution in [0.25, 0.3) is 0 Å². The SMILES string of the molecule is CCC(F)(CN)C1CCC1. The van der Waals surface area contributed by atoms with Gasteiger partial charge in [0, 0.05) is 6.54 Å². The minimum atomic E-state index is -1.04. The molecule has 0 spiro atoms. The fourth-order valence-electron chi connectivity index (χ4n) is 1.53. The summed E-state index contributed by atoms with van der Waals surface area (Å²) in [5.74, 6) is 0.266. The molecule has 2 N–H and O–H groups in total. The summed E-state index contributed by atoms with van der Waals surface area (Å²) in [5, 5.41) is 0. The maximum Gasteiger partial charge on any atom is 0.125 e. The Kier molecular flexibility index (Phi) is 2.29. The van der Waals surface area contributed by atoms with Crippen LogP contribution >= 0.6 is 0 Å². The minimum Gasteiger partial charge on any atom is -0.328 e. The average molecular weight is 145 g/mol. The van der Waals surface area contributed by atoms with E-state index in [1.165, 1.54) is 6.42 Å². The Hall–Kier alpha value is -0.110. The lowest BCUT2D eigenvalue weighted by molar-refractivity contribution is 0.0361. The first-order chi connectivity index (χ1) is 4.73. The maximum absolute atomic E-state index is 13.6. The van der Waals surface area contributed by atoms with E-state index in [0.717, 1.165) is 12.8 Å². The van der Waals surface area contributed by atoms with Crippen LogP contribution in [0, 0.1) is 5.92 Å². The van der Waals surface area contributed by atoms with Gasteiger partial charge in [0.15, 0.2) is 0 Å². The highest BCUT2D eigenvalue weighted by Crippen LogP contribution is 2.39. The maximum atomic E-state index is 13.6. The van der Waals surface area contributed by atoms with E-state index in [-0.39, 0.29) is 12.5 Å². The molecule has 1 saturated carbocycles. The number of rotatable bonds is 3. The van der Waals surface area contributed by atoms with E-state index in [1.807, 2.05) is 6.92 Å². The number of alkyl halides is 1. The van der Waals surface area contributed by atoms with E-state index < -0.39 is 5.67 Å². The molecule has 1 rings (SSSR count). The Labute approximate surface area is 61.8 Å². The van der Waals surface area contributed by atoms with E-state index in [1.54, 1.807) is 0 Å². The lowest BCUT2D eigenvalue weighted by Crippen LogP contribution is -2.43. The van der Waals surface area contributed by atoms with E-state index in [2.05, 4.69) is 0 Å². The van der Waals surface area contributed by atoms with Crippen molar-refractivity contribution in [2.75, 3.05) is 6.54 Å². The van der Waals surface area contributed by atoms with Crippen molar-refractivity contribution in [3.8, 4) is 0 Å². The molecule has 1 atom stereocenters. The number of nitrogens with two attached hydrogens (primary N) is 1. The van der Waals surface area contributed by atoms with E-state index in [4.69, 9.17) is 5.73 Å². The van der Waals surface area contributed by atoms with Gasteiger partial charge in [0.2, 0.25) is 0 Å². The number of halogens is 1. The molecule has 1 fully saturated rings. The van der Waals surface area contributed by atoms with E-state index in [9.17, 15) is 4.39 Å². The van der Waals surface area contributed by atoms with Gasteiger partial charge in [0.05, 0.1) is 0 Å². The summed E-state index contributed by atoms with van der Waals surface area (Å²) in [5.41, 5.74) is 4.31. The summed E-state index contributed by atoms with van der Waals surface area (Å²) in [6.07, 6.45) is 3.85. The van der Waals surface area contributed by atoms with Crippen LogP contribution in [0.4, 0.5) is 4.39 Å². The van der Waals surface area contributed by atoms with Crippen molar-refractivity contribution in [2.24, 2.45) is 11.7 Å². The molecule has 0 amide bonds. The third kappa shape index (κ3) is 1.17. The fraction of sp³-hybridized carbons (Fsp3) is 1.00. The molecular weight excluding hydrogens is 129 g/mol. The van der Waals surface area contributed by atoms with Crippen LogP contribution in [-0.2, 0) is 0 Å². The lowest BCUT2D eigenvalue weighted by Gasteiger charge is -2.38. The summed E-state index contributed by atoms with van der Waals surface area (Å²) in [7, 11) is 0. The van der Waals surface area contributed by atoms with Crippen LogP contribution in [0.15, 0.2) is 0 Å². The van der Waals surface area contributed by atoms with Gasteiger partial charge in [-0.3, -0.25) is 0 Å². The van der Waals surface area contributed by atoms with Crippen molar-refractivity contribution < 1.29 is 4.39 Å². The molecule has 0 radical (unpaired) electrons. The molecular formula is C8H16FN. The highest BCUT2D eigenvalue weighted by atomic mass is 19.1. The Balaban J connectivity index is 2.44. The standard InChI is InChI=1S/C8H16FN/c1-2-8(9,6-10)7-4-3-5-7/h7H,2-6,10H2,1H3. The summed E-state index contributed by atoms with van der Waals surface area (Å²) in [6, 6.07) is 0. The Bertz CT molecular complexity index is 106. The minimum absolute atomic E-state index is 0.203. The molecule has 0 aromatic heterocycles. The Morgan fingerprint density at radius 3 is 2.30 bits per heavy atom. The van der Waals surface area contributed by atoms with Crippen LogP contribution in [0.3, 0.4) is 0 Å². The molecule has 0 aromatic carbocycles. The van der Waals surface area contributed by atoms with E-state index in [0.29, 0.717) is 6.42 Å². The van der Waals surface area contributed by atoms with Crippen molar-refractivity contribution in [1.82, 2.24) is 0 Å². The van der Waals surface area contributed by atoms with Gasteiger partial charge in [0.1, 0.15) is 5.67 Å². The first kappa shape index (κ1) is 7.99. The van der Waals surface area contributed by atoms with Gasteiger partial charge in [-0.25, -0.2) is 4.39 Å². The highest BCUT2D eigenvalue weighted by molar-refractivity contribution is 4.91. The zero-order valence-electron chi connectivity index (χ0n) is 6.57. The molecule has 1 aliphatic rings. The molecule has 10 heavy (non-hydrogen) atoms. The van der Waals surface area contributed by atoms with Crippen molar-refractivity contribution in [1.29, 1.82) is 0 Å². The second-order valence-electron chi connectivity index (χ2n) is 3.22. The predicted octanol–water partition coefficient (Wildman–Crippen LogP) is 1.86. The molecule has 1 aliphatic carbocycles. The second-order valence-corrected chi connectivity index (χ2v) is 3.22. The summed E-state index contributed by atoms with van der Waals surface area (Å²) in [4.78, 5) is 0. The predicted molar refractivity (Wildman–Crippen MR) is 40.5 cm³/mol. The van der Waals surface area contributed by atoms with Crippen LogP contribution in [-0.4, -0.2) is 12.2 Å². The smallest absolute Gasteiger partial charge is 0.125 e. The quantitative estimate of drug-likeness (QED) is 0.644. The Morgan fingerprint density at radius 1 is 1.60 bits per heavy atom. The zero-order chi connectivity index (χ0) is 7.61. The third-order valence-electron chi connectivity index (χ3n) is 2.76. The molecule has 1 unspecified atom stereocenters. The summed E-state index contributed by atoms with van der Waals surface area (Å²) in [6.45, 7) is 2.08. The molecule has 0 aromatic rings. The third-order valence-corrected chi connectivity index (χ3v) is 2.76. The lowest BCUT2D eigenvalue weighted by atomic mass is 9.73. The van der Waals surface area contributed by atoms with Gasteiger partial charge in [-0.05, 0) is 25.2 Å². The molecule has 0 aliphatic heterocycles. The normalized spacial score (nSPS) is 25.5. The van der Waals surface area contributed by atoms with Gasteiger partial charge in [-0.2, -0.15) is 0 Å². The van der Waals surface area contributed by atoms with Gasteiger partial charge >= 0.3 is 0 Å². The monoisotopic (exact) mass is 145 g/mol.